The molecule has 4 aliphatic heterocycles. The second-order valence-corrected chi connectivity index (χ2v) is 18.9. The summed E-state index contributed by atoms with van der Waals surface area (Å²) >= 11 is 0. The van der Waals surface area contributed by atoms with Crippen LogP contribution in [0.4, 0.5) is 5.69 Å². The third-order valence-corrected chi connectivity index (χ3v) is 12.6. The van der Waals surface area contributed by atoms with E-state index in [0.717, 1.165) is 29.6 Å². The average Bonchev–Trinajstić information content (AvgIpc) is 3.64. The van der Waals surface area contributed by atoms with E-state index in [-0.39, 0.29) is 55.2 Å². The predicted octanol–water partition coefficient (Wildman–Crippen LogP) is 6.58. The minimum atomic E-state index is -0.869. The van der Waals surface area contributed by atoms with E-state index in [2.05, 4.69) is 34.7 Å². The number of benzene rings is 1. The minimum absolute atomic E-state index is 0.0222. The van der Waals surface area contributed by atoms with Gasteiger partial charge in [0.15, 0.2) is 0 Å². The number of fused-ring (bicyclic) bond motifs is 1. The van der Waals surface area contributed by atoms with Crippen molar-refractivity contribution in [2.45, 2.75) is 153 Å². The van der Waals surface area contributed by atoms with E-state index in [1.807, 2.05) is 34.6 Å². The van der Waals surface area contributed by atoms with Crippen molar-refractivity contribution in [2.24, 2.45) is 20.7 Å². The zero-order valence-corrected chi connectivity index (χ0v) is 41.1. The summed E-state index contributed by atoms with van der Waals surface area (Å²) in [6, 6.07) is 5.22. The van der Waals surface area contributed by atoms with Crippen LogP contribution in [-0.4, -0.2) is 132 Å². The van der Waals surface area contributed by atoms with Gasteiger partial charge in [0.2, 0.25) is 0 Å². The third kappa shape index (κ3) is 15.3. The molecule has 22 heteroatoms. The standard InChI is InChI=1S/C44H65B2N3O15P2/c1-25-19-31(14-15-33-26(2)20-30(59-33)9-8-17-56-43(52)44(4,5)6)60-35(32(25)23-57-39(50)24-55-7)21-37-41(63-42(51)28-10-12-29(13-11-28)49(53)54)27(3)40-38(61-37)22-36(64-46-48-66)34(62-40)16-18-58-45-47-65/h10-13,27,30-31,33-38,40-41H,2,8-9,14-24,65-66H2,1,3-7H3/t27-,30-,31-,33-,34+,35?,36?,37-,38-,40-,41?/m0/s1. The van der Waals surface area contributed by atoms with Gasteiger partial charge in [-0.2, -0.15) is 0 Å². The second-order valence-electron chi connectivity index (χ2n) is 18.3. The molecule has 0 aliphatic carbocycles. The van der Waals surface area contributed by atoms with Crippen LogP contribution in [0.1, 0.15) is 103 Å². The maximum atomic E-state index is 13.9. The molecule has 0 spiro atoms. The fourth-order valence-electron chi connectivity index (χ4n) is 8.88. The zero-order chi connectivity index (χ0) is 48.0. The molecule has 1 aromatic carbocycles. The summed E-state index contributed by atoms with van der Waals surface area (Å²) in [7, 11) is 8.55. The van der Waals surface area contributed by atoms with Crippen molar-refractivity contribution in [1.82, 2.24) is 0 Å². The van der Waals surface area contributed by atoms with Crippen LogP contribution in [0.2, 0.25) is 0 Å². The Morgan fingerprint density at radius 2 is 1.64 bits per heavy atom. The van der Waals surface area contributed by atoms with Crippen LogP contribution < -0.4 is 0 Å². The van der Waals surface area contributed by atoms with Crippen molar-refractivity contribution in [1.29, 1.82) is 0 Å². The van der Waals surface area contributed by atoms with E-state index in [0.29, 0.717) is 51.7 Å². The number of rotatable bonds is 22. The van der Waals surface area contributed by atoms with Gasteiger partial charge >= 0.3 is 260 Å². The van der Waals surface area contributed by atoms with Crippen LogP contribution in [0.5, 0.6) is 0 Å². The van der Waals surface area contributed by atoms with Gasteiger partial charge in [-0.15, -0.1) is 0 Å². The van der Waals surface area contributed by atoms with Gasteiger partial charge in [-0.05, 0) is 45.6 Å². The second kappa shape index (κ2) is 25.7. The van der Waals surface area contributed by atoms with Gasteiger partial charge in [0.1, 0.15) is 6.61 Å². The number of hydrogen-bond acceptors (Lipinski definition) is 17. The molecular weight excluding hydrogens is 894 g/mol. The van der Waals surface area contributed by atoms with Crippen molar-refractivity contribution in [2.75, 3.05) is 33.5 Å². The number of nitrogens with zero attached hydrogens (tertiary/aromatic N) is 3. The van der Waals surface area contributed by atoms with Gasteiger partial charge in [-0.1, -0.05) is 6.58 Å². The van der Waals surface area contributed by atoms with Crippen molar-refractivity contribution in [3.8, 4) is 0 Å². The molecule has 0 aromatic heterocycles. The molecule has 3 fully saturated rings. The van der Waals surface area contributed by atoms with E-state index < -0.39 is 70.9 Å². The molecule has 0 radical (unpaired) electrons. The van der Waals surface area contributed by atoms with Gasteiger partial charge in [-0.25, -0.2) is 4.79 Å². The van der Waals surface area contributed by atoms with Crippen LogP contribution in [-0.2, 0) is 56.8 Å². The molecule has 0 amide bonds. The molecule has 66 heavy (non-hydrogen) atoms. The first-order valence-electron chi connectivity index (χ1n) is 22.5. The number of non-ortho nitro benzene ring substituents is 1. The van der Waals surface area contributed by atoms with Gasteiger partial charge < -0.3 is 14.2 Å². The number of methoxy groups -OCH3 is 1. The molecule has 5 unspecified atom stereocenters. The summed E-state index contributed by atoms with van der Waals surface area (Å²) in [5.41, 5.74) is 2.20. The Kier molecular flexibility index (Phi) is 20.9. The summed E-state index contributed by atoms with van der Waals surface area (Å²) in [5.74, 6) is -1.86. The van der Waals surface area contributed by atoms with Crippen LogP contribution >= 0.6 is 18.8 Å². The van der Waals surface area contributed by atoms with Gasteiger partial charge in [0.25, 0.3) is 5.69 Å². The number of carbonyl (C=O) groups excluding carboxylic acids is 3. The monoisotopic (exact) mass is 959 g/mol. The van der Waals surface area contributed by atoms with Crippen LogP contribution in [0.25, 0.3) is 0 Å². The zero-order valence-electron chi connectivity index (χ0n) is 38.8. The van der Waals surface area contributed by atoms with Crippen molar-refractivity contribution in [3.63, 3.8) is 0 Å². The molecular formula is C44H65B2N3O15P2. The first kappa shape index (κ1) is 53.5. The maximum absolute atomic E-state index is 13.9. The average molecular weight is 960 g/mol. The number of ether oxygens (including phenoxy) is 8. The van der Waals surface area contributed by atoms with E-state index in [1.165, 1.54) is 45.9 Å². The number of carbonyl (C=O) groups is 3. The van der Waals surface area contributed by atoms with Crippen molar-refractivity contribution >= 4 is 56.9 Å². The van der Waals surface area contributed by atoms with Gasteiger partial charge in [0.05, 0.1) is 29.2 Å². The number of nitro groups is 1. The van der Waals surface area contributed by atoms with Crippen LogP contribution in [0.15, 0.2) is 56.9 Å². The molecule has 0 bridgehead atoms. The summed E-state index contributed by atoms with van der Waals surface area (Å²) in [6.45, 7) is 14.1. The number of nitro benzene ring substituents is 1. The topological polar surface area (TPSA) is 211 Å². The summed E-state index contributed by atoms with van der Waals surface area (Å²) in [4.78, 5) is 49.5. The van der Waals surface area contributed by atoms with E-state index >= 15 is 0 Å². The van der Waals surface area contributed by atoms with Crippen molar-refractivity contribution < 1.29 is 66.5 Å². The fourth-order valence-corrected chi connectivity index (χ4v) is 9.04. The van der Waals surface area contributed by atoms with E-state index in [1.54, 1.807) is 0 Å². The summed E-state index contributed by atoms with van der Waals surface area (Å²) < 4.78 is 68.7. The van der Waals surface area contributed by atoms with Crippen LogP contribution in [0, 0.1) is 21.4 Å². The first-order chi connectivity index (χ1) is 31.5. The normalized spacial score (nSPS) is 28.9. The Morgan fingerprint density at radius 3 is 2.32 bits per heavy atom. The molecule has 3 saturated heterocycles. The molecule has 18 nitrogen and oxygen atoms in total. The quantitative estimate of drug-likeness (QED) is 0.0176. The number of esters is 3. The Labute approximate surface area is 393 Å². The molecule has 1 aromatic rings. The molecule has 0 saturated carbocycles. The molecule has 5 rings (SSSR count). The van der Waals surface area contributed by atoms with Gasteiger partial charge in [-0.3, -0.25) is 14.9 Å². The Bertz CT molecular complexity index is 1920. The Morgan fingerprint density at radius 1 is 0.924 bits per heavy atom. The SMILES string of the molecule is C=C1C[C@H](CCCOC(=O)C(C)(C)C)O[C@H]1CC[C@H]1CC(C)=C(COC(=O)COC)C(C[C@@H]2O[C@H]3CC(OB=NP)[C@@H](CCOB=NP)O[C@H]3[C@H](C)C2OC(=O)c2ccc([N+](=O)[O-])cc2)O1. The number of hydrogen-bond donors (Lipinski definition) is 0. The third-order valence-electron chi connectivity index (χ3n) is 12.3. The van der Waals surface area contributed by atoms with Crippen LogP contribution in [0.3, 0.4) is 0 Å². The first-order valence-corrected chi connectivity index (χ1v) is 23.5. The van der Waals surface area contributed by atoms with E-state index in [4.69, 9.17) is 47.2 Å². The van der Waals surface area contributed by atoms with E-state index in [9.17, 15) is 24.5 Å². The predicted molar refractivity (Wildman–Crippen MR) is 249 cm³/mol. The Hall–Kier alpha value is -3.50. The molecule has 4 heterocycles. The summed E-state index contributed by atoms with van der Waals surface area (Å²) in [6.07, 6.45) is 0.578. The Balaban J connectivity index is 1.36. The molecule has 0 N–H and O–H groups in total. The fraction of sp³-hybridized carbons (Fsp3) is 0.705. The van der Waals surface area contributed by atoms with Crippen molar-refractivity contribution in [3.05, 3.63) is 63.2 Å². The summed E-state index contributed by atoms with van der Waals surface area (Å²) in [5, 5.41) is 11.4. The molecule has 362 valence electrons. The molecule has 13 atom stereocenters. The molecule has 4 aliphatic rings. The van der Waals surface area contributed by atoms with Gasteiger partial charge in [0, 0.05) is 7.11 Å².